The number of ether oxygens (including phenoxy) is 1. The molecule has 0 heterocycles. The highest BCUT2D eigenvalue weighted by Crippen LogP contribution is 2.22. The highest BCUT2D eigenvalue weighted by atomic mass is 79.9. The summed E-state index contributed by atoms with van der Waals surface area (Å²) in [6.07, 6.45) is 0. The third kappa shape index (κ3) is 2.20. The highest BCUT2D eigenvalue weighted by molar-refractivity contribution is 9.10. The van der Waals surface area contributed by atoms with Gasteiger partial charge in [0.05, 0.1) is 13.7 Å². The lowest BCUT2D eigenvalue weighted by Gasteiger charge is -2.04. The van der Waals surface area contributed by atoms with E-state index in [1.165, 1.54) is 0 Å². The molecular formula is C8H10BrNO2. The summed E-state index contributed by atoms with van der Waals surface area (Å²) in [7, 11) is 1.63. The second kappa shape index (κ2) is 4.45. The van der Waals surface area contributed by atoms with Crippen molar-refractivity contribution >= 4 is 15.9 Å². The van der Waals surface area contributed by atoms with Crippen LogP contribution < -0.4 is 10.6 Å². The molecule has 0 saturated carbocycles. The number of rotatable bonds is 3. The molecule has 0 aromatic heterocycles. The summed E-state index contributed by atoms with van der Waals surface area (Å²) in [5.74, 6) is 5.76. The van der Waals surface area contributed by atoms with Crippen LogP contribution >= 0.6 is 15.9 Å². The van der Waals surface area contributed by atoms with Crippen LogP contribution in [-0.4, -0.2) is 7.11 Å². The van der Waals surface area contributed by atoms with E-state index in [1.54, 1.807) is 7.11 Å². The van der Waals surface area contributed by atoms with Crippen LogP contribution in [0.4, 0.5) is 0 Å². The molecule has 0 aliphatic carbocycles. The van der Waals surface area contributed by atoms with Crippen molar-refractivity contribution in [3.63, 3.8) is 0 Å². The molecule has 0 bridgehead atoms. The maximum Gasteiger partial charge on any atom is 0.120 e. The van der Waals surface area contributed by atoms with Crippen LogP contribution in [-0.2, 0) is 11.4 Å². The number of nitrogens with two attached hydrogens (primary N) is 1. The molecule has 0 aliphatic rings. The lowest BCUT2D eigenvalue weighted by atomic mass is 10.2. The van der Waals surface area contributed by atoms with E-state index in [0.717, 1.165) is 15.8 Å². The molecule has 0 fully saturated rings. The minimum absolute atomic E-state index is 0.393. The van der Waals surface area contributed by atoms with Crippen LogP contribution in [0.15, 0.2) is 22.7 Å². The quantitative estimate of drug-likeness (QED) is 0.808. The molecule has 0 aliphatic heterocycles. The predicted octanol–water partition coefficient (Wildman–Crippen LogP) is 1.85. The Morgan fingerprint density at radius 2 is 2.25 bits per heavy atom. The van der Waals surface area contributed by atoms with Crippen molar-refractivity contribution in [1.82, 2.24) is 0 Å². The zero-order valence-corrected chi connectivity index (χ0v) is 8.30. The van der Waals surface area contributed by atoms with Gasteiger partial charge in [0.1, 0.15) is 5.75 Å². The fourth-order valence-electron chi connectivity index (χ4n) is 0.862. The first-order chi connectivity index (χ1) is 5.77. The monoisotopic (exact) mass is 231 g/mol. The van der Waals surface area contributed by atoms with Gasteiger partial charge in [-0.25, -0.2) is 5.90 Å². The molecule has 0 spiro atoms. The first kappa shape index (κ1) is 9.51. The lowest BCUT2D eigenvalue weighted by molar-refractivity contribution is 0.123. The molecule has 0 atom stereocenters. The van der Waals surface area contributed by atoms with Crippen molar-refractivity contribution in [2.24, 2.45) is 5.90 Å². The number of hydrogen-bond donors (Lipinski definition) is 1. The largest absolute Gasteiger partial charge is 0.497 e. The zero-order valence-electron chi connectivity index (χ0n) is 6.71. The van der Waals surface area contributed by atoms with Crippen LogP contribution in [0.1, 0.15) is 5.56 Å². The smallest absolute Gasteiger partial charge is 0.120 e. The summed E-state index contributed by atoms with van der Waals surface area (Å²) < 4.78 is 5.96. The summed E-state index contributed by atoms with van der Waals surface area (Å²) in [5, 5.41) is 0. The molecule has 0 radical (unpaired) electrons. The summed E-state index contributed by atoms with van der Waals surface area (Å²) in [4.78, 5) is 4.51. The van der Waals surface area contributed by atoms with Gasteiger partial charge in [-0.1, -0.05) is 22.0 Å². The van der Waals surface area contributed by atoms with Crippen LogP contribution in [0.2, 0.25) is 0 Å². The molecule has 0 unspecified atom stereocenters. The van der Waals surface area contributed by atoms with Gasteiger partial charge >= 0.3 is 0 Å². The van der Waals surface area contributed by atoms with Crippen LogP contribution in [0, 0.1) is 0 Å². The maximum absolute atomic E-state index is 5.03. The van der Waals surface area contributed by atoms with Crippen molar-refractivity contribution < 1.29 is 9.57 Å². The number of methoxy groups -OCH3 is 1. The fraction of sp³-hybridized carbons (Fsp3) is 0.250. The van der Waals surface area contributed by atoms with Gasteiger partial charge in [0, 0.05) is 4.47 Å². The standard InChI is InChI=1S/C8H10BrNO2/c1-11-7-3-2-6(5-12-10)8(9)4-7/h2-4H,5,10H2,1H3. The number of halogens is 1. The first-order valence-electron chi connectivity index (χ1n) is 3.42. The molecule has 66 valence electrons. The van der Waals surface area contributed by atoms with Crippen molar-refractivity contribution in [2.75, 3.05) is 7.11 Å². The van der Waals surface area contributed by atoms with Crippen molar-refractivity contribution in [3.05, 3.63) is 28.2 Å². The second-order valence-electron chi connectivity index (χ2n) is 2.27. The lowest BCUT2D eigenvalue weighted by Crippen LogP contribution is -1.99. The van der Waals surface area contributed by atoms with Gasteiger partial charge in [0.25, 0.3) is 0 Å². The predicted molar refractivity (Wildman–Crippen MR) is 49.7 cm³/mol. The van der Waals surface area contributed by atoms with E-state index in [9.17, 15) is 0 Å². The summed E-state index contributed by atoms with van der Waals surface area (Å²) in [6.45, 7) is 0.393. The molecule has 12 heavy (non-hydrogen) atoms. The average molecular weight is 232 g/mol. The maximum atomic E-state index is 5.03. The Balaban J connectivity index is 2.87. The van der Waals surface area contributed by atoms with Gasteiger partial charge in [-0.2, -0.15) is 0 Å². The van der Waals surface area contributed by atoms with E-state index in [-0.39, 0.29) is 0 Å². The normalized spacial score (nSPS) is 9.92. The van der Waals surface area contributed by atoms with Gasteiger partial charge in [-0.3, -0.25) is 4.84 Å². The number of hydrogen-bond acceptors (Lipinski definition) is 3. The molecular weight excluding hydrogens is 222 g/mol. The van der Waals surface area contributed by atoms with Gasteiger partial charge < -0.3 is 4.74 Å². The van der Waals surface area contributed by atoms with E-state index >= 15 is 0 Å². The molecule has 3 nitrogen and oxygen atoms in total. The van der Waals surface area contributed by atoms with Crippen molar-refractivity contribution in [2.45, 2.75) is 6.61 Å². The molecule has 4 heteroatoms. The summed E-state index contributed by atoms with van der Waals surface area (Å²) in [5.41, 5.74) is 0.998. The Morgan fingerprint density at radius 1 is 1.50 bits per heavy atom. The fourth-order valence-corrected chi connectivity index (χ4v) is 1.33. The van der Waals surface area contributed by atoms with Crippen LogP contribution in [0.25, 0.3) is 0 Å². The molecule has 1 aromatic rings. The van der Waals surface area contributed by atoms with Gasteiger partial charge in [-0.15, -0.1) is 0 Å². The van der Waals surface area contributed by atoms with Crippen LogP contribution in [0.5, 0.6) is 5.75 Å². The summed E-state index contributed by atoms with van der Waals surface area (Å²) in [6, 6.07) is 5.63. The molecule has 2 N–H and O–H groups in total. The molecule has 0 saturated heterocycles. The van der Waals surface area contributed by atoms with E-state index in [2.05, 4.69) is 20.8 Å². The van der Waals surface area contributed by atoms with E-state index < -0.39 is 0 Å². The Morgan fingerprint density at radius 3 is 2.75 bits per heavy atom. The van der Waals surface area contributed by atoms with Crippen molar-refractivity contribution in [3.8, 4) is 5.75 Å². The number of benzene rings is 1. The Kier molecular flexibility index (Phi) is 3.52. The van der Waals surface area contributed by atoms with Gasteiger partial charge in [0.2, 0.25) is 0 Å². The Hall–Kier alpha value is -0.580. The average Bonchev–Trinajstić information content (AvgIpc) is 2.09. The van der Waals surface area contributed by atoms with Gasteiger partial charge in [0.15, 0.2) is 0 Å². The van der Waals surface area contributed by atoms with E-state index in [4.69, 9.17) is 10.6 Å². The summed E-state index contributed by atoms with van der Waals surface area (Å²) >= 11 is 3.37. The first-order valence-corrected chi connectivity index (χ1v) is 4.21. The zero-order chi connectivity index (χ0) is 8.97. The SMILES string of the molecule is COc1ccc(CON)c(Br)c1. The van der Waals surface area contributed by atoms with Crippen LogP contribution in [0.3, 0.4) is 0 Å². The van der Waals surface area contributed by atoms with Gasteiger partial charge in [-0.05, 0) is 17.7 Å². The minimum Gasteiger partial charge on any atom is -0.497 e. The van der Waals surface area contributed by atoms with Crippen molar-refractivity contribution in [1.29, 1.82) is 0 Å². The van der Waals surface area contributed by atoms with E-state index in [0.29, 0.717) is 6.61 Å². The topological polar surface area (TPSA) is 44.5 Å². The second-order valence-corrected chi connectivity index (χ2v) is 3.12. The molecule has 0 amide bonds. The Labute approximate surface area is 79.5 Å². The molecule has 1 rings (SSSR count). The van der Waals surface area contributed by atoms with E-state index in [1.807, 2.05) is 18.2 Å². The minimum atomic E-state index is 0.393. The molecule has 1 aromatic carbocycles. The third-order valence-corrected chi connectivity index (χ3v) is 2.24. The Bertz CT molecular complexity index is 265. The highest BCUT2D eigenvalue weighted by Gasteiger charge is 2.00. The third-order valence-electron chi connectivity index (χ3n) is 1.50.